The maximum absolute atomic E-state index is 2.66. The van der Waals surface area contributed by atoms with Gasteiger partial charge in [-0.1, -0.05) is 0 Å². The Labute approximate surface area is 35.6 Å². The third-order valence-electron chi connectivity index (χ3n) is 0.289. The zero-order chi connectivity index (χ0) is 3.41. The molecule has 0 unspecified atom stereocenters. The van der Waals surface area contributed by atoms with Crippen molar-refractivity contribution in [1.29, 1.82) is 0 Å². The van der Waals surface area contributed by atoms with E-state index in [0.717, 1.165) is 0 Å². The van der Waals surface area contributed by atoms with Crippen LogP contribution in [0.4, 0.5) is 0 Å². The van der Waals surface area contributed by atoms with E-state index in [9.17, 15) is 0 Å². The molecule has 0 aromatic heterocycles. The molecule has 0 heterocycles. The monoisotopic (exact) mass is 70.0 g/mol. The molecule has 0 aliphatic heterocycles. The molecule has 1 radical (unpaired) electrons. The average Bonchev–Trinajstić information content (AvgIpc) is 1.37. The van der Waals surface area contributed by atoms with Crippen LogP contribution in [0.2, 0.25) is 5.28 Å². The zero-order valence-corrected chi connectivity index (χ0v) is 4.15. The number of hydrogen-bond acceptors (Lipinski definition) is 0. The van der Waals surface area contributed by atoms with Crippen LogP contribution < -0.4 is 0 Å². The molecule has 4 heavy (non-hydrogen) atoms. The molecule has 0 aromatic carbocycles. The molecule has 0 fully saturated rings. The van der Waals surface area contributed by atoms with Gasteiger partial charge >= 0.3 is 34.9 Å². The summed E-state index contributed by atoms with van der Waals surface area (Å²) in [6, 6.07) is 0. The van der Waals surface area contributed by atoms with Crippen LogP contribution in [-0.4, -0.2) is 16.3 Å². The van der Waals surface area contributed by atoms with E-state index in [1.807, 2.05) is 0 Å². The maximum atomic E-state index is 2.66. The third kappa shape index (κ3) is 2.53. The Hall–Kier alpha value is 0.532. The Balaban J connectivity index is 1.97. The molecule has 0 N–H and O–H groups in total. The Bertz CT molecular complexity index is 5.25. The van der Waals surface area contributed by atoms with Crippen LogP contribution in [0.1, 0.15) is 13.3 Å². The molecule has 0 aliphatic carbocycles. The zero-order valence-electron chi connectivity index (χ0n) is 2.99. The summed E-state index contributed by atoms with van der Waals surface area (Å²) >= 11 is 2.66. The van der Waals surface area contributed by atoms with Gasteiger partial charge in [0.15, 0.2) is 0 Å². The summed E-state index contributed by atoms with van der Waals surface area (Å²) in [5.74, 6) is 0. The molecule has 0 saturated carbocycles. The Kier molecular flexibility index (Phi) is 4.00. The van der Waals surface area contributed by atoms with Crippen LogP contribution in [-0.2, 0) is 0 Å². The van der Waals surface area contributed by atoms with Gasteiger partial charge in [-0.2, -0.15) is 0 Å². The summed E-state index contributed by atoms with van der Waals surface area (Å²) in [5, 5.41) is 1.24. The van der Waals surface area contributed by atoms with Crippen molar-refractivity contribution in [2.24, 2.45) is 0 Å². The first kappa shape index (κ1) is 4.53. The molecular weight excluding hydrogens is 63.0 g/mol. The summed E-state index contributed by atoms with van der Waals surface area (Å²) < 4.78 is 0. The fraction of sp³-hybridized carbons (Fsp3) is 1.00. The number of rotatable bonds is 1. The van der Waals surface area contributed by atoms with Crippen molar-refractivity contribution < 1.29 is 0 Å². The van der Waals surface area contributed by atoms with E-state index in [1.165, 1.54) is 11.7 Å². The van der Waals surface area contributed by atoms with Gasteiger partial charge in [-0.3, -0.25) is 0 Å². The van der Waals surface area contributed by atoms with E-state index < -0.39 is 0 Å². The summed E-state index contributed by atoms with van der Waals surface area (Å²) in [5.41, 5.74) is 0. The van der Waals surface area contributed by atoms with Gasteiger partial charge < -0.3 is 0 Å². The van der Waals surface area contributed by atoms with Gasteiger partial charge in [-0.15, -0.1) is 0 Å². The van der Waals surface area contributed by atoms with Gasteiger partial charge in [0.1, 0.15) is 0 Å². The first-order valence-electron chi connectivity index (χ1n) is 1.62. The summed E-state index contributed by atoms with van der Waals surface area (Å²) in [6.45, 7) is 2.16. The van der Waals surface area contributed by atoms with Gasteiger partial charge in [-0.05, 0) is 0 Å². The van der Waals surface area contributed by atoms with Crippen molar-refractivity contribution in [3.05, 3.63) is 0 Å². The minimum atomic E-state index is 1.24. The predicted octanol–water partition coefficient (Wildman–Crippen LogP) is 0.983. The normalized spacial score (nSPS) is 7.00. The molecule has 0 rings (SSSR count). The van der Waals surface area contributed by atoms with Gasteiger partial charge in [-0.25, -0.2) is 0 Å². The fourth-order valence-corrected chi connectivity index (χ4v) is 0. The van der Waals surface area contributed by atoms with Crippen LogP contribution in [0.25, 0.3) is 0 Å². The predicted molar refractivity (Wildman–Crippen MR) is 20.9 cm³/mol. The Morgan fingerprint density at radius 3 is 2.00 bits per heavy atom. The first-order valence-corrected chi connectivity index (χ1v) is 2.43. The average molecular weight is 70.1 g/mol. The second-order valence-corrected chi connectivity index (χ2v) is 1.37. The van der Waals surface area contributed by atoms with Crippen molar-refractivity contribution in [2.75, 3.05) is 0 Å². The van der Waals surface area contributed by atoms with E-state index >= 15 is 0 Å². The fourth-order valence-electron chi connectivity index (χ4n) is 0. The van der Waals surface area contributed by atoms with Gasteiger partial charge in [0, 0.05) is 0 Å². The minimum absolute atomic E-state index is 1.24. The molecule has 0 nitrogen and oxygen atoms in total. The van der Waals surface area contributed by atoms with Crippen molar-refractivity contribution in [3.8, 4) is 0 Å². The second kappa shape index (κ2) is 3.53. The van der Waals surface area contributed by atoms with Gasteiger partial charge in [0.25, 0.3) is 0 Å². The molecule has 0 bridgehead atoms. The molecule has 0 saturated heterocycles. The summed E-state index contributed by atoms with van der Waals surface area (Å²) in [6.07, 6.45) is 1.28. The molecule has 0 amide bonds. The van der Waals surface area contributed by atoms with E-state index in [0.29, 0.717) is 0 Å². The molecule has 0 spiro atoms. The van der Waals surface area contributed by atoms with Gasteiger partial charge in [0.2, 0.25) is 0 Å². The topological polar surface area (TPSA) is 0 Å². The second-order valence-electron chi connectivity index (χ2n) is 0.789. The van der Waals surface area contributed by atoms with Crippen molar-refractivity contribution in [2.45, 2.75) is 18.6 Å². The quantitative estimate of drug-likeness (QED) is 0.403. The van der Waals surface area contributed by atoms with Gasteiger partial charge in [0.05, 0.1) is 0 Å². The van der Waals surface area contributed by atoms with Crippen LogP contribution in [0.15, 0.2) is 0 Å². The Morgan fingerprint density at radius 1 is 1.75 bits per heavy atom. The molecule has 1 heteroatoms. The van der Waals surface area contributed by atoms with Crippen LogP contribution in [0.5, 0.6) is 0 Å². The SMILES string of the molecule is CC[CH2][Al+]. The first-order chi connectivity index (χ1) is 1.91. The van der Waals surface area contributed by atoms with Crippen molar-refractivity contribution >= 4 is 16.3 Å². The molecule has 0 aromatic rings. The number of hydrogen-bond donors (Lipinski definition) is 0. The van der Waals surface area contributed by atoms with E-state index in [-0.39, 0.29) is 0 Å². The molecule has 21 valence electrons. The molecule has 0 atom stereocenters. The molecule has 0 aliphatic rings. The van der Waals surface area contributed by atoms with Crippen LogP contribution >= 0.6 is 0 Å². The van der Waals surface area contributed by atoms with E-state index in [2.05, 4.69) is 23.2 Å². The third-order valence-corrected chi connectivity index (χ3v) is 0.866. The van der Waals surface area contributed by atoms with Crippen molar-refractivity contribution in [1.82, 2.24) is 0 Å². The van der Waals surface area contributed by atoms with E-state index in [4.69, 9.17) is 0 Å². The van der Waals surface area contributed by atoms with Crippen LogP contribution in [0, 0.1) is 0 Å². The molecular formula is C3H7Al+. The van der Waals surface area contributed by atoms with E-state index in [1.54, 1.807) is 0 Å². The summed E-state index contributed by atoms with van der Waals surface area (Å²) in [7, 11) is 0. The summed E-state index contributed by atoms with van der Waals surface area (Å²) in [4.78, 5) is 0. The standard InChI is InChI=1S/C3H7.Al/c1-3-2;/h1,3H2,2H3;/q;+1. The van der Waals surface area contributed by atoms with Crippen molar-refractivity contribution in [3.63, 3.8) is 0 Å². The Morgan fingerprint density at radius 2 is 2.00 bits per heavy atom. The van der Waals surface area contributed by atoms with Crippen LogP contribution in [0.3, 0.4) is 0 Å².